The van der Waals surface area contributed by atoms with E-state index in [0.717, 1.165) is 11.8 Å². The monoisotopic (exact) mass is 660 g/mol. The van der Waals surface area contributed by atoms with Gasteiger partial charge in [-0.15, -0.1) is 0 Å². The summed E-state index contributed by atoms with van der Waals surface area (Å²) in [5.74, 6) is -2.79. The summed E-state index contributed by atoms with van der Waals surface area (Å²) in [4.78, 5) is 41.0. The van der Waals surface area contributed by atoms with Gasteiger partial charge in [-0.25, -0.2) is 4.79 Å². The number of aliphatic hydroxyl groups excluding tert-OH is 1. The van der Waals surface area contributed by atoms with Crippen LogP contribution in [-0.2, 0) is 42.5 Å². The third-order valence-electron chi connectivity index (χ3n) is 11.3. The van der Waals surface area contributed by atoms with Gasteiger partial charge in [0.25, 0.3) is 10.1 Å². The molecule has 250 valence electrons. The maximum atomic E-state index is 15.2. The van der Waals surface area contributed by atoms with Crippen molar-refractivity contribution in [3.63, 3.8) is 0 Å². The molecule has 0 radical (unpaired) electrons. The van der Waals surface area contributed by atoms with Crippen LogP contribution in [-0.4, -0.2) is 93.3 Å². The Labute approximate surface area is 261 Å². The van der Waals surface area contributed by atoms with Gasteiger partial charge in [0.15, 0.2) is 31.9 Å². The van der Waals surface area contributed by atoms with Crippen molar-refractivity contribution in [1.29, 1.82) is 0 Å². The van der Waals surface area contributed by atoms with Gasteiger partial charge in [-0.05, 0) is 50.4 Å². The first-order valence-corrected chi connectivity index (χ1v) is 19.8. The van der Waals surface area contributed by atoms with Crippen LogP contribution >= 0.6 is 0 Å². The van der Waals surface area contributed by atoms with Gasteiger partial charge in [0, 0.05) is 24.7 Å². The molecule has 1 spiro atoms. The first kappa shape index (κ1) is 35.0. The van der Waals surface area contributed by atoms with Crippen molar-refractivity contribution >= 4 is 36.3 Å². The van der Waals surface area contributed by atoms with Gasteiger partial charge in [-0.1, -0.05) is 40.2 Å². The molecule has 0 aromatic rings. The summed E-state index contributed by atoms with van der Waals surface area (Å²) in [6.07, 6.45) is -5.27. The zero-order valence-corrected chi connectivity index (χ0v) is 29.0. The van der Waals surface area contributed by atoms with Crippen LogP contribution in [0.5, 0.6) is 0 Å². The van der Waals surface area contributed by atoms with E-state index in [2.05, 4.69) is 0 Å². The molecule has 2 saturated carbocycles. The molecule has 2 bridgehead atoms. The molecule has 14 heteroatoms. The zero-order valence-electron chi connectivity index (χ0n) is 27.2. The van der Waals surface area contributed by atoms with Crippen molar-refractivity contribution in [2.24, 2.45) is 16.7 Å². The van der Waals surface area contributed by atoms with Gasteiger partial charge >= 0.3 is 12.1 Å². The van der Waals surface area contributed by atoms with Crippen molar-refractivity contribution in [2.75, 3.05) is 12.9 Å². The molecule has 3 aliphatic carbocycles. The number of fused-ring (bicyclic) bond motifs is 3. The lowest BCUT2D eigenvalue weighted by Crippen LogP contribution is -2.77. The summed E-state index contributed by atoms with van der Waals surface area (Å²) in [6.45, 7) is 13.1. The molecule has 0 amide bonds. The number of Topliss-reactive ketones (excluding diaryl/α,β-unsaturated/α-hetero) is 1. The van der Waals surface area contributed by atoms with Crippen LogP contribution < -0.4 is 0 Å². The Bertz CT molecular complexity index is 1330. The zero-order chi connectivity index (χ0) is 33.3. The maximum absolute atomic E-state index is 15.2. The summed E-state index contributed by atoms with van der Waals surface area (Å²) < 4.78 is 55.4. The van der Waals surface area contributed by atoms with Crippen molar-refractivity contribution in [2.45, 2.75) is 128 Å². The lowest BCUT2D eigenvalue weighted by atomic mass is 9.45. The Morgan fingerprint density at radius 1 is 1.09 bits per heavy atom. The molecule has 1 aliphatic heterocycles. The van der Waals surface area contributed by atoms with Gasteiger partial charge in [0.1, 0.15) is 11.7 Å². The number of carbonyl (C=O) groups is 3. The number of allylic oxidation sites excluding steroid dienone is 1. The molecule has 4 aliphatic rings. The second-order valence-electron chi connectivity index (χ2n) is 13.7. The molecular weight excluding hydrogens is 612 g/mol. The van der Waals surface area contributed by atoms with Gasteiger partial charge in [-0.2, -0.15) is 8.42 Å². The average molecular weight is 661 g/mol. The first-order valence-electron chi connectivity index (χ1n) is 15.4. The average Bonchev–Trinajstić information content (AvgIpc) is 3.26. The van der Waals surface area contributed by atoms with Gasteiger partial charge in [0.2, 0.25) is 0 Å². The second-order valence-corrected chi connectivity index (χ2v) is 20.1. The van der Waals surface area contributed by atoms with Gasteiger partial charge in [0.05, 0.1) is 24.4 Å². The maximum Gasteiger partial charge on any atom is 0.509 e. The topological polar surface area (TPSA) is 172 Å². The highest BCUT2D eigenvalue weighted by Crippen LogP contribution is 2.65. The Morgan fingerprint density at radius 2 is 1.68 bits per heavy atom. The van der Waals surface area contributed by atoms with E-state index in [1.807, 2.05) is 27.7 Å². The minimum absolute atomic E-state index is 0.238. The Hall–Kier alpha value is -1.84. The van der Waals surface area contributed by atoms with Crippen LogP contribution in [0.3, 0.4) is 0 Å². The highest BCUT2D eigenvalue weighted by atomic mass is 32.2. The molecule has 0 aromatic heterocycles. The van der Waals surface area contributed by atoms with Crippen LogP contribution in [0.2, 0.25) is 18.1 Å². The predicted octanol–water partition coefficient (Wildman–Crippen LogP) is 3.40. The summed E-state index contributed by atoms with van der Waals surface area (Å²) in [7, 11) is -6.76. The molecule has 1 heterocycles. The molecule has 0 unspecified atom stereocenters. The number of hydrogen-bond donors (Lipinski definition) is 2. The molecule has 4 rings (SSSR count). The molecular formula is C30H48O12SSi. The van der Waals surface area contributed by atoms with E-state index < -0.39 is 95.3 Å². The van der Waals surface area contributed by atoms with Crippen LogP contribution in [0.1, 0.15) is 74.7 Å². The number of ketones is 1. The van der Waals surface area contributed by atoms with Crippen LogP contribution in [0.4, 0.5) is 4.79 Å². The van der Waals surface area contributed by atoms with Gasteiger partial charge < -0.3 is 28.8 Å². The fraction of sp³-hybridized carbons (Fsp3) is 0.833. The van der Waals surface area contributed by atoms with E-state index in [1.165, 1.54) is 6.92 Å². The molecule has 8 atom stereocenters. The first-order chi connectivity index (χ1) is 20.2. The van der Waals surface area contributed by atoms with E-state index in [0.29, 0.717) is 30.1 Å². The quantitative estimate of drug-likeness (QED) is 0.160. The highest BCUT2D eigenvalue weighted by molar-refractivity contribution is 7.86. The summed E-state index contributed by atoms with van der Waals surface area (Å²) >= 11 is 0. The predicted molar refractivity (Wildman–Crippen MR) is 160 cm³/mol. The molecule has 12 nitrogen and oxygen atoms in total. The smallest absolute Gasteiger partial charge is 0.450 e. The number of rotatable bonds is 9. The third-order valence-corrected chi connectivity index (χ3v) is 16.6. The van der Waals surface area contributed by atoms with Gasteiger partial charge in [-0.3, -0.25) is 13.8 Å². The minimum Gasteiger partial charge on any atom is -0.450 e. The van der Waals surface area contributed by atoms with Crippen LogP contribution in [0.15, 0.2) is 11.1 Å². The second kappa shape index (κ2) is 11.4. The minimum atomic E-state index is -4.20. The van der Waals surface area contributed by atoms with E-state index in [4.69, 9.17) is 22.8 Å². The van der Waals surface area contributed by atoms with E-state index in [-0.39, 0.29) is 12.8 Å². The van der Waals surface area contributed by atoms with Crippen LogP contribution in [0, 0.1) is 16.7 Å². The fourth-order valence-electron chi connectivity index (χ4n) is 8.73. The fourth-order valence-corrected chi connectivity index (χ4v) is 12.3. The van der Waals surface area contributed by atoms with Crippen molar-refractivity contribution in [3.05, 3.63) is 11.1 Å². The summed E-state index contributed by atoms with van der Waals surface area (Å²) in [5, 5.41) is 23.4. The molecule has 1 saturated heterocycles. The van der Waals surface area contributed by atoms with Crippen LogP contribution in [0.25, 0.3) is 0 Å². The SMILES string of the molecule is CC[Si](CC)(CC)O[C@H]1C[C@H](OS(C)(=O)=O)[C@@](O)(CO)[C@H]2[C@@H]3OC(=O)O[C@]34CCC(C)=C([C@@H](OC(C)=O)C(=O)[C@]12C)C4(C)C. The van der Waals surface area contributed by atoms with Crippen molar-refractivity contribution in [3.8, 4) is 0 Å². The number of hydrogen-bond acceptors (Lipinski definition) is 12. The Morgan fingerprint density at radius 3 is 2.18 bits per heavy atom. The largest absolute Gasteiger partial charge is 0.509 e. The molecule has 0 aromatic carbocycles. The van der Waals surface area contributed by atoms with E-state index in [9.17, 15) is 28.2 Å². The number of ether oxygens (including phenoxy) is 3. The lowest BCUT2D eigenvalue weighted by molar-refractivity contribution is -0.256. The Kier molecular flexibility index (Phi) is 9.11. The molecule has 44 heavy (non-hydrogen) atoms. The molecule has 2 N–H and O–H groups in total. The summed E-state index contributed by atoms with van der Waals surface area (Å²) in [5.41, 5.74) is -5.58. The lowest BCUT2D eigenvalue weighted by Gasteiger charge is -2.63. The highest BCUT2D eigenvalue weighted by Gasteiger charge is 2.78. The van der Waals surface area contributed by atoms with E-state index >= 15 is 4.79 Å². The molecule has 3 fully saturated rings. The summed E-state index contributed by atoms with van der Waals surface area (Å²) in [6, 6.07) is 2.05. The number of carbonyl (C=O) groups excluding carboxylic acids is 3. The number of aliphatic hydroxyl groups is 2. The third kappa shape index (κ3) is 5.07. The van der Waals surface area contributed by atoms with E-state index in [1.54, 1.807) is 20.8 Å². The van der Waals surface area contributed by atoms with Crippen molar-refractivity contribution in [1.82, 2.24) is 0 Å². The normalized spacial score (nSPS) is 38.6. The standard InChI is InChI=1S/C30H48O12SSi/c1-10-44(11-2,12-3)42-19-15-20(41-43(9,36)37)29(35,16-31)23-25-30(40-26(34)39-25)14-13-17(4)21(27(30,6)7)22(38-18(5)32)24(33)28(19,23)8/h19-20,22-23,25,31,35H,10-16H2,1-9H3/t19-,20-,22+,23-,25-,28+,29-,30+/m0/s1. The van der Waals surface area contributed by atoms with Crippen molar-refractivity contribution < 1.29 is 55.8 Å². The number of esters is 1. The Balaban J connectivity index is 2.13.